The minimum Gasteiger partial charge on any atom is -0.357 e. The van der Waals surface area contributed by atoms with Gasteiger partial charge < -0.3 is 20.9 Å². The van der Waals surface area contributed by atoms with E-state index >= 15 is 0 Å². The van der Waals surface area contributed by atoms with Gasteiger partial charge in [0.2, 0.25) is 5.91 Å². The molecule has 0 aromatic heterocycles. The highest BCUT2D eigenvalue weighted by atomic mass is 16.2. The number of amides is 2. The van der Waals surface area contributed by atoms with Crippen LogP contribution >= 0.6 is 0 Å². The zero-order chi connectivity index (χ0) is 19.4. The highest BCUT2D eigenvalue weighted by Crippen LogP contribution is 2.07. The number of carbonyl (C=O) groups is 2. The van der Waals surface area contributed by atoms with Gasteiger partial charge in [0, 0.05) is 45.7 Å². The molecule has 0 fully saturated rings. The van der Waals surface area contributed by atoms with Crippen molar-refractivity contribution in [3.8, 4) is 0 Å². The molecule has 0 radical (unpaired) electrons. The summed E-state index contributed by atoms with van der Waals surface area (Å²) in [6, 6.07) is 7.43. The lowest BCUT2D eigenvalue weighted by molar-refractivity contribution is -0.120. The van der Waals surface area contributed by atoms with Gasteiger partial charge in [-0.15, -0.1) is 0 Å². The number of nitrogens with zero attached hydrogens (tertiary/aromatic N) is 2. The van der Waals surface area contributed by atoms with E-state index in [1.165, 1.54) is 0 Å². The zero-order valence-electron chi connectivity index (χ0n) is 16.3. The highest BCUT2D eigenvalue weighted by molar-refractivity contribution is 5.93. The molecule has 0 aliphatic carbocycles. The first-order valence-corrected chi connectivity index (χ1v) is 9.07. The molecular formula is C19H31N5O2. The molecule has 1 rings (SSSR count). The smallest absolute Gasteiger partial charge is 0.253 e. The van der Waals surface area contributed by atoms with Crippen molar-refractivity contribution in [3.63, 3.8) is 0 Å². The second-order valence-corrected chi connectivity index (χ2v) is 6.12. The molecule has 26 heavy (non-hydrogen) atoms. The van der Waals surface area contributed by atoms with Gasteiger partial charge in [-0.05, 0) is 31.0 Å². The standard InChI is InChI=1S/C19H31N5O2/c1-5-12-21-17(25)11-13-22-19(20-6-2)23-14-15-7-9-16(10-8-15)18(26)24(3)4/h7-10H,5-6,11-14H2,1-4H3,(H,21,25)(H2,20,22,23). The van der Waals surface area contributed by atoms with Crippen LogP contribution in [0.15, 0.2) is 29.3 Å². The Bertz CT molecular complexity index is 596. The first-order valence-electron chi connectivity index (χ1n) is 9.07. The second-order valence-electron chi connectivity index (χ2n) is 6.12. The molecule has 2 amide bonds. The first kappa shape index (κ1) is 21.5. The molecule has 0 spiro atoms. The molecule has 0 unspecified atom stereocenters. The summed E-state index contributed by atoms with van der Waals surface area (Å²) in [5, 5.41) is 9.17. The minimum absolute atomic E-state index is 0.0172. The predicted octanol–water partition coefficient (Wildman–Crippen LogP) is 1.36. The van der Waals surface area contributed by atoms with E-state index in [0.717, 1.165) is 18.5 Å². The number of rotatable bonds is 9. The van der Waals surface area contributed by atoms with Gasteiger partial charge in [-0.1, -0.05) is 19.1 Å². The molecule has 1 aromatic carbocycles. The maximum Gasteiger partial charge on any atom is 0.253 e. The Kier molecular flexibility index (Phi) is 9.82. The molecule has 3 N–H and O–H groups in total. The second kappa shape index (κ2) is 11.9. The number of nitrogens with one attached hydrogen (secondary N) is 3. The van der Waals surface area contributed by atoms with Crippen LogP contribution in [0.2, 0.25) is 0 Å². The highest BCUT2D eigenvalue weighted by Gasteiger charge is 2.07. The van der Waals surface area contributed by atoms with Crippen molar-refractivity contribution in [2.24, 2.45) is 4.99 Å². The van der Waals surface area contributed by atoms with Crippen LogP contribution in [0.4, 0.5) is 0 Å². The van der Waals surface area contributed by atoms with Crippen LogP contribution in [0.25, 0.3) is 0 Å². The summed E-state index contributed by atoms with van der Waals surface area (Å²) in [5.41, 5.74) is 1.67. The van der Waals surface area contributed by atoms with Crippen LogP contribution in [0.1, 0.15) is 42.6 Å². The summed E-state index contributed by atoms with van der Waals surface area (Å²) in [6.45, 7) is 6.49. The average molecular weight is 361 g/mol. The lowest BCUT2D eigenvalue weighted by Crippen LogP contribution is -2.39. The normalized spacial score (nSPS) is 11.0. The molecule has 0 bridgehead atoms. The lowest BCUT2D eigenvalue weighted by Gasteiger charge is -2.12. The van der Waals surface area contributed by atoms with Crippen LogP contribution in [0, 0.1) is 0 Å². The molecule has 144 valence electrons. The minimum atomic E-state index is -0.0172. The van der Waals surface area contributed by atoms with Crippen LogP contribution in [0.5, 0.6) is 0 Å². The molecule has 7 heteroatoms. The molecule has 0 saturated heterocycles. The number of carbonyl (C=O) groups excluding carboxylic acids is 2. The van der Waals surface area contributed by atoms with Crippen molar-refractivity contribution < 1.29 is 9.59 Å². The van der Waals surface area contributed by atoms with E-state index in [1.54, 1.807) is 19.0 Å². The third-order valence-electron chi connectivity index (χ3n) is 3.59. The number of hydrogen-bond acceptors (Lipinski definition) is 3. The van der Waals surface area contributed by atoms with Gasteiger partial charge in [-0.25, -0.2) is 4.99 Å². The van der Waals surface area contributed by atoms with E-state index in [1.807, 2.05) is 38.1 Å². The van der Waals surface area contributed by atoms with Crippen molar-refractivity contribution in [2.75, 3.05) is 33.7 Å². The van der Waals surface area contributed by atoms with Crippen molar-refractivity contribution in [3.05, 3.63) is 35.4 Å². The van der Waals surface area contributed by atoms with Gasteiger partial charge in [-0.3, -0.25) is 9.59 Å². The molecular weight excluding hydrogens is 330 g/mol. The third-order valence-corrected chi connectivity index (χ3v) is 3.59. The Hall–Kier alpha value is -2.57. The summed E-state index contributed by atoms with van der Waals surface area (Å²) < 4.78 is 0. The van der Waals surface area contributed by atoms with E-state index in [2.05, 4.69) is 20.9 Å². The van der Waals surface area contributed by atoms with Crippen LogP contribution in [-0.2, 0) is 11.3 Å². The van der Waals surface area contributed by atoms with Gasteiger partial charge in [0.05, 0.1) is 6.54 Å². The summed E-state index contributed by atoms with van der Waals surface area (Å²) in [4.78, 5) is 29.6. The Morgan fingerprint density at radius 1 is 1.00 bits per heavy atom. The van der Waals surface area contributed by atoms with Gasteiger partial charge >= 0.3 is 0 Å². The third kappa shape index (κ3) is 8.00. The molecule has 0 saturated carbocycles. The Morgan fingerprint density at radius 2 is 1.69 bits per heavy atom. The molecule has 1 aromatic rings. The van der Waals surface area contributed by atoms with E-state index in [9.17, 15) is 9.59 Å². The lowest BCUT2D eigenvalue weighted by atomic mass is 10.1. The van der Waals surface area contributed by atoms with Crippen molar-refractivity contribution in [1.29, 1.82) is 0 Å². The van der Waals surface area contributed by atoms with E-state index in [4.69, 9.17) is 0 Å². The molecule has 7 nitrogen and oxygen atoms in total. The Labute approximate surface area is 156 Å². The fraction of sp³-hybridized carbons (Fsp3) is 0.526. The van der Waals surface area contributed by atoms with Gasteiger partial charge in [0.1, 0.15) is 0 Å². The molecule has 0 atom stereocenters. The fourth-order valence-electron chi connectivity index (χ4n) is 2.17. The van der Waals surface area contributed by atoms with Crippen LogP contribution in [0.3, 0.4) is 0 Å². The number of guanidine groups is 1. The monoisotopic (exact) mass is 361 g/mol. The van der Waals surface area contributed by atoms with Crippen LogP contribution in [-0.4, -0.2) is 56.4 Å². The van der Waals surface area contributed by atoms with Gasteiger partial charge in [-0.2, -0.15) is 0 Å². The summed E-state index contributed by atoms with van der Waals surface area (Å²) in [5.74, 6) is 0.692. The maximum atomic E-state index is 11.9. The van der Waals surface area contributed by atoms with E-state index in [0.29, 0.717) is 37.6 Å². The molecule has 0 aliphatic heterocycles. The van der Waals surface area contributed by atoms with Crippen molar-refractivity contribution in [2.45, 2.75) is 33.2 Å². The number of hydrogen-bond donors (Lipinski definition) is 3. The molecule has 0 heterocycles. The van der Waals surface area contributed by atoms with Gasteiger partial charge in [0.15, 0.2) is 5.96 Å². The Balaban J connectivity index is 2.55. The summed E-state index contributed by atoms with van der Waals surface area (Å²) in [6.07, 6.45) is 1.34. The number of aliphatic imine (C=N–C) groups is 1. The zero-order valence-corrected chi connectivity index (χ0v) is 16.3. The summed E-state index contributed by atoms with van der Waals surface area (Å²) in [7, 11) is 3.47. The quantitative estimate of drug-likeness (QED) is 0.458. The fourth-order valence-corrected chi connectivity index (χ4v) is 2.17. The topological polar surface area (TPSA) is 85.8 Å². The maximum absolute atomic E-state index is 11.9. The predicted molar refractivity (Wildman–Crippen MR) is 105 cm³/mol. The number of benzene rings is 1. The van der Waals surface area contributed by atoms with Crippen molar-refractivity contribution >= 4 is 17.8 Å². The van der Waals surface area contributed by atoms with E-state index < -0.39 is 0 Å². The van der Waals surface area contributed by atoms with Crippen molar-refractivity contribution in [1.82, 2.24) is 20.9 Å². The van der Waals surface area contributed by atoms with E-state index in [-0.39, 0.29) is 11.8 Å². The SMILES string of the molecule is CCCNC(=O)CCNC(=NCc1ccc(C(=O)N(C)C)cc1)NCC. The first-order chi connectivity index (χ1) is 12.5. The Morgan fingerprint density at radius 3 is 2.27 bits per heavy atom. The largest absolute Gasteiger partial charge is 0.357 e. The molecule has 0 aliphatic rings. The van der Waals surface area contributed by atoms with Gasteiger partial charge in [0.25, 0.3) is 5.91 Å². The van der Waals surface area contributed by atoms with Crippen LogP contribution < -0.4 is 16.0 Å². The summed E-state index contributed by atoms with van der Waals surface area (Å²) >= 11 is 0. The average Bonchev–Trinajstić information content (AvgIpc) is 2.64.